The molecule has 0 aromatic carbocycles. The SMILES string of the molecule is [2H]C1=C(/C=C\C2=C(C([2H])([2H])[2H])[C@@H](O)C[C@H](O)C2)[C@]2([2H])CC[C@H]([C@H](C)CCCC(C)(C)O)[C@@]2(C)CC1. The van der Waals surface area contributed by atoms with E-state index in [9.17, 15) is 16.7 Å². The summed E-state index contributed by atoms with van der Waals surface area (Å²) >= 11 is 0. The monoisotopic (exact) mass is 421 g/mol. The molecule has 0 amide bonds. The van der Waals surface area contributed by atoms with Gasteiger partial charge in [0.1, 0.15) is 0 Å². The Bertz CT molecular complexity index is 884. The molecule has 0 heterocycles. The third kappa shape index (κ3) is 5.29. The Hall–Kier alpha value is -0.900. The molecule has 3 heteroatoms. The van der Waals surface area contributed by atoms with Crippen LogP contribution in [0.1, 0.15) is 99.2 Å². The highest BCUT2D eigenvalue weighted by Crippen LogP contribution is 2.58. The Morgan fingerprint density at radius 2 is 2.13 bits per heavy atom. The van der Waals surface area contributed by atoms with Crippen molar-refractivity contribution >= 4 is 0 Å². The lowest BCUT2D eigenvalue weighted by molar-refractivity contribution is 0.0613. The molecule has 1 saturated carbocycles. The normalized spacial score (nSPS) is 41.8. The van der Waals surface area contributed by atoms with Crippen molar-refractivity contribution in [3.8, 4) is 0 Å². The molecule has 3 aliphatic carbocycles. The van der Waals surface area contributed by atoms with Gasteiger partial charge in [0.05, 0.1) is 19.2 Å². The number of hydrogen-bond donors (Lipinski definition) is 3. The van der Waals surface area contributed by atoms with E-state index in [0.29, 0.717) is 41.9 Å². The van der Waals surface area contributed by atoms with Gasteiger partial charge in [0.15, 0.2) is 0 Å². The van der Waals surface area contributed by atoms with E-state index in [4.69, 9.17) is 5.48 Å². The zero-order valence-electron chi connectivity index (χ0n) is 24.2. The number of aliphatic hydroxyl groups excluding tert-OH is 2. The van der Waals surface area contributed by atoms with Crippen LogP contribution in [0, 0.1) is 23.1 Å². The van der Waals surface area contributed by atoms with Gasteiger partial charge >= 0.3 is 0 Å². The van der Waals surface area contributed by atoms with Crippen LogP contribution in [-0.4, -0.2) is 33.1 Å². The van der Waals surface area contributed by atoms with E-state index in [1.165, 1.54) is 0 Å². The van der Waals surface area contributed by atoms with Crippen molar-refractivity contribution in [3.05, 3.63) is 34.9 Å². The van der Waals surface area contributed by atoms with Crippen LogP contribution >= 0.6 is 0 Å². The minimum Gasteiger partial charge on any atom is -0.393 e. The molecule has 0 radical (unpaired) electrons. The first-order valence-electron chi connectivity index (χ1n) is 14.2. The van der Waals surface area contributed by atoms with E-state index in [1.54, 1.807) is 12.2 Å². The smallest absolute Gasteiger partial charge is 0.0777 e. The highest BCUT2D eigenvalue weighted by Gasteiger charge is 2.49. The second-order valence-corrected chi connectivity index (χ2v) is 10.7. The molecule has 3 rings (SSSR count). The first kappa shape index (κ1) is 17.6. The molecule has 0 bridgehead atoms. The van der Waals surface area contributed by atoms with Crippen LogP contribution in [0.25, 0.3) is 0 Å². The van der Waals surface area contributed by atoms with Gasteiger partial charge in [-0.25, -0.2) is 0 Å². The molecule has 3 N–H and O–H groups in total. The number of hydrogen-bond acceptors (Lipinski definition) is 3. The van der Waals surface area contributed by atoms with E-state index in [0.717, 1.165) is 32.1 Å². The maximum absolute atomic E-state index is 10.4. The van der Waals surface area contributed by atoms with Crippen molar-refractivity contribution in [1.29, 1.82) is 0 Å². The fourth-order valence-corrected chi connectivity index (χ4v) is 5.98. The Morgan fingerprint density at radius 1 is 1.37 bits per heavy atom. The van der Waals surface area contributed by atoms with Crippen LogP contribution in [0.15, 0.2) is 34.9 Å². The lowest BCUT2D eigenvalue weighted by Gasteiger charge is -2.43. The predicted molar refractivity (Wildman–Crippen MR) is 124 cm³/mol. The zero-order valence-corrected chi connectivity index (χ0v) is 19.2. The molecule has 0 aromatic rings. The lowest BCUT2D eigenvalue weighted by Crippen LogP contribution is -2.35. The molecule has 6 atom stereocenters. The highest BCUT2D eigenvalue weighted by molar-refractivity contribution is 5.37. The average molecular weight is 422 g/mol. The Kier molecular flexibility index (Phi) is 5.47. The van der Waals surface area contributed by atoms with Crippen LogP contribution < -0.4 is 0 Å². The molecule has 0 aliphatic heterocycles. The number of aliphatic hydroxyl groups is 3. The molecule has 170 valence electrons. The van der Waals surface area contributed by atoms with Crippen LogP contribution in [0.5, 0.6) is 0 Å². The fourth-order valence-electron chi connectivity index (χ4n) is 5.98. The number of allylic oxidation sites excluding steroid dienone is 4. The molecule has 0 unspecified atom stereocenters. The third-order valence-electron chi connectivity index (χ3n) is 7.71. The molecule has 3 aliphatic rings. The minimum absolute atomic E-state index is 0.00490. The van der Waals surface area contributed by atoms with Gasteiger partial charge in [-0.15, -0.1) is 0 Å². The second-order valence-electron chi connectivity index (χ2n) is 10.7. The van der Waals surface area contributed by atoms with Crippen LogP contribution in [-0.2, 0) is 0 Å². The van der Waals surface area contributed by atoms with Crippen molar-refractivity contribution < 1.29 is 22.2 Å². The van der Waals surface area contributed by atoms with Crippen LogP contribution in [0.4, 0.5) is 0 Å². The summed E-state index contributed by atoms with van der Waals surface area (Å²) in [5.41, 5.74) is 0.0325. The largest absolute Gasteiger partial charge is 0.393 e. The lowest BCUT2D eigenvalue weighted by atomic mass is 9.62. The van der Waals surface area contributed by atoms with E-state index in [2.05, 4.69) is 13.8 Å². The maximum atomic E-state index is 10.4. The summed E-state index contributed by atoms with van der Waals surface area (Å²) in [6.45, 7) is 5.64. The van der Waals surface area contributed by atoms with E-state index >= 15 is 0 Å². The summed E-state index contributed by atoms with van der Waals surface area (Å²) in [6, 6.07) is 0.428. The second kappa shape index (κ2) is 9.30. The number of rotatable bonds is 7. The minimum atomic E-state index is -2.46. The van der Waals surface area contributed by atoms with Crippen LogP contribution in [0.2, 0.25) is 0 Å². The summed E-state index contributed by atoms with van der Waals surface area (Å²) in [7, 11) is 0. The quantitative estimate of drug-likeness (QED) is 0.494. The third-order valence-corrected chi connectivity index (χ3v) is 7.71. The molecule has 30 heavy (non-hydrogen) atoms. The van der Waals surface area contributed by atoms with Gasteiger partial charge < -0.3 is 15.3 Å². The molecular weight excluding hydrogens is 372 g/mol. The van der Waals surface area contributed by atoms with E-state index < -0.39 is 30.6 Å². The molecular formula is C27H44O3. The van der Waals surface area contributed by atoms with E-state index in [1.807, 2.05) is 13.8 Å². The van der Waals surface area contributed by atoms with E-state index in [-0.39, 0.29) is 23.8 Å². The van der Waals surface area contributed by atoms with Crippen LogP contribution in [0.3, 0.4) is 0 Å². The van der Waals surface area contributed by atoms with Gasteiger partial charge in [-0.3, -0.25) is 0 Å². The molecule has 0 spiro atoms. The summed E-state index contributed by atoms with van der Waals surface area (Å²) < 4.78 is 41.9. The van der Waals surface area contributed by atoms with Gasteiger partial charge in [-0.2, -0.15) is 0 Å². The van der Waals surface area contributed by atoms with Gasteiger partial charge in [0, 0.05) is 11.9 Å². The van der Waals surface area contributed by atoms with Crippen molar-refractivity contribution in [3.63, 3.8) is 0 Å². The average Bonchev–Trinajstić information content (AvgIpc) is 2.96. The van der Waals surface area contributed by atoms with Gasteiger partial charge in [-0.05, 0) is 99.1 Å². The van der Waals surface area contributed by atoms with Crippen molar-refractivity contribution in [2.24, 2.45) is 23.1 Å². The van der Waals surface area contributed by atoms with Gasteiger partial charge in [0.2, 0.25) is 0 Å². The summed E-state index contributed by atoms with van der Waals surface area (Å²) in [4.78, 5) is 0. The highest BCUT2D eigenvalue weighted by atomic mass is 16.3. The van der Waals surface area contributed by atoms with Crippen molar-refractivity contribution in [2.75, 3.05) is 0 Å². The Labute approximate surface area is 191 Å². The maximum Gasteiger partial charge on any atom is 0.0777 e. The summed E-state index contributed by atoms with van der Waals surface area (Å²) in [5.74, 6) is -0.185. The standard InChI is InChI=1S/C27H44O3/c1-18(8-6-14-26(3,4)30)23-12-13-24-20(9-7-15-27(23,24)5)10-11-21-16-22(28)17-25(29)19(21)2/h9-11,18,22-25,28-30H,6-8,12-17H2,1-5H3/b11-10-/t18-,22-,23-,24+,25+,27-/m1/s1/i2D3,9D,24D. The Morgan fingerprint density at radius 3 is 2.83 bits per heavy atom. The fraction of sp³-hybridized carbons (Fsp3) is 0.778. The molecule has 0 aromatic heterocycles. The molecule has 0 saturated heterocycles. The topological polar surface area (TPSA) is 60.7 Å². The van der Waals surface area contributed by atoms with Crippen molar-refractivity contribution in [1.82, 2.24) is 0 Å². The summed E-state index contributed by atoms with van der Waals surface area (Å²) in [6.07, 6.45) is 7.09. The Balaban J connectivity index is 1.89. The predicted octanol–water partition coefficient (Wildman–Crippen LogP) is 5.70. The van der Waals surface area contributed by atoms with Gasteiger partial charge in [0.25, 0.3) is 0 Å². The van der Waals surface area contributed by atoms with Crippen molar-refractivity contribution in [2.45, 2.75) is 110 Å². The first-order chi connectivity index (χ1) is 16.0. The summed E-state index contributed by atoms with van der Waals surface area (Å²) in [5, 5.41) is 30.6. The van der Waals surface area contributed by atoms with Gasteiger partial charge in [-0.1, -0.05) is 44.9 Å². The molecule has 1 fully saturated rings. The number of fused-ring (bicyclic) bond motifs is 1. The first-order valence-corrected chi connectivity index (χ1v) is 11.7. The zero-order chi connectivity index (χ0) is 26.4. The molecule has 3 nitrogen and oxygen atoms in total.